The van der Waals surface area contributed by atoms with Gasteiger partial charge >= 0.3 is 0 Å². The van der Waals surface area contributed by atoms with Crippen LogP contribution < -0.4 is 10.6 Å². The molecular formula is C13H20N4. The summed E-state index contributed by atoms with van der Waals surface area (Å²) in [6, 6.07) is 0.706. The van der Waals surface area contributed by atoms with Crippen LogP contribution in [0.3, 0.4) is 0 Å². The van der Waals surface area contributed by atoms with E-state index >= 15 is 0 Å². The molecule has 2 N–H and O–H groups in total. The van der Waals surface area contributed by atoms with Gasteiger partial charge in [0, 0.05) is 23.8 Å². The first-order chi connectivity index (χ1) is 8.43. The number of nitrogens with zero attached hydrogens (tertiary/aromatic N) is 2. The van der Waals surface area contributed by atoms with Crippen LogP contribution in [0.4, 0.5) is 5.82 Å². The second kappa shape index (κ2) is 5.00. The summed E-state index contributed by atoms with van der Waals surface area (Å²) in [6.07, 6.45) is 9.03. The van der Waals surface area contributed by atoms with E-state index in [4.69, 9.17) is 0 Å². The highest BCUT2D eigenvalue weighted by atomic mass is 15.0. The summed E-state index contributed by atoms with van der Waals surface area (Å²) in [7, 11) is 0. The van der Waals surface area contributed by atoms with Gasteiger partial charge in [-0.1, -0.05) is 0 Å². The van der Waals surface area contributed by atoms with E-state index in [9.17, 15) is 0 Å². The van der Waals surface area contributed by atoms with Gasteiger partial charge in [0.15, 0.2) is 0 Å². The van der Waals surface area contributed by atoms with Gasteiger partial charge in [-0.2, -0.15) is 0 Å². The molecule has 2 heterocycles. The smallest absolute Gasteiger partial charge is 0.132 e. The molecule has 0 bridgehead atoms. The standard InChI is InChI=1S/C13H20N4/c1-4-11-12(5-1)16-9-17-13(11)15-8-6-10-3-2-7-14-10/h9-10,14H,1-8H2,(H,15,16,17)/t10-/m1/s1. The van der Waals surface area contributed by atoms with E-state index < -0.39 is 0 Å². The highest BCUT2D eigenvalue weighted by Gasteiger charge is 2.17. The molecule has 0 amide bonds. The fourth-order valence-electron chi connectivity index (χ4n) is 2.88. The Hall–Kier alpha value is -1.16. The molecule has 1 aliphatic heterocycles. The van der Waals surface area contributed by atoms with Crippen molar-refractivity contribution in [1.82, 2.24) is 15.3 Å². The molecule has 0 radical (unpaired) electrons. The molecule has 0 unspecified atom stereocenters. The predicted octanol–water partition coefficient (Wildman–Crippen LogP) is 1.52. The number of aryl methyl sites for hydroxylation is 1. The Morgan fingerprint density at radius 3 is 3.18 bits per heavy atom. The van der Waals surface area contributed by atoms with E-state index in [0.717, 1.165) is 25.2 Å². The summed E-state index contributed by atoms with van der Waals surface area (Å²) >= 11 is 0. The van der Waals surface area contributed by atoms with Crippen LogP contribution in [0.25, 0.3) is 0 Å². The number of nitrogens with one attached hydrogen (secondary N) is 2. The zero-order chi connectivity index (χ0) is 11.5. The zero-order valence-corrected chi connectivity index (χ0v) is 10.2. The Kier molecular flexibility index (Phi) is 3.22. The molecule has 3 rings (SSSR count). The fraction of sp³-hybridized carbons (Fsp3) is 0.692. The molecule has 1 aromatic rings. The van der Waals surface area contributed by atoms with Crippen LogP contribution >= 0.6 is 0 Å². The van der Waals surface area contributed by atoms with Crippen LogP contribution in [0.1, 0.15) is 36.9 Å². The molecule has 1 fully saturated rings. The molecule has 1 aliphatic carbocycles. The van der Waals surface area contributed by atoms with Crippen LogP contribution in [0, 0.1) is 0 Å². The van der Waals surface area contributed by atoms with Gasteiger partial charge < -0.3 is 10.6 Å². The minimum Gasteiger partial charge on any atom is -0.370 e. The SMILES string of the molecule is c1nc2c(c(NCC[C@H]3CCCN3)n1)CCC2. The van der Waals surface area contributed by atoms with Crippen molar-refractivity contribution < 1.29 is 0 Å². The fourth-order valence-corrected chi connectivity index (χ4v) is 2.88. The molecule has 17 heavy (non-hydrogen) atoms. The highest BCUT2D eigenvalue weighted by molar-refractivity contribution is 5.47. The van der Waals surface area contributed by atoms with Gasteiger partial charge in [-0.3, -0.25) is 0 Å². The highest BCUT2D eigenvalue weighted by Crippen LogP contribution is 2.25. The lowest BCUT2D eigenvalue weighted by Gasteiger charge is -2.12. The second-order valence-corrected chi connectivity index (χ2v) is 5.01. The number of anilines is 1. The van der Waals surface area contributed by atoms with Crippen LogP contribution in [0.5, 0.6) is 0 Å². The summed E-state index contributed by atoms with van der Waals surface area (Å²) in [5.41, 5.74) is 2.60. The molecule has 0 saturated carbocycles. The second-order valence-electron chi connectivity index (χ2n) is 5.01. The van der Waals surface area contributed by atoms with E-state index in [1.165, 1.54) is 43.5 Å². The van der Waals surface area contributed by atoms with Gasteiger partial charge in [-0.25, -0.2) is 9.97 Å². The van der Waals surface area contributed by atoms with E-state index in [0.29, 0.717) is 6.04 Å². The lowest BCUT2D eigenvalue weighted by Crippen LogP contribution is -2.24. The van der Waals surface area contributed by atoms with Crippen molar-refractivity contribution in [2.75, 3.05) is 18.4 Å². The zero-order valence-electron chi connectivity index (χ0n) is 10.2. The summed E-state index contributed by atoms with van der Waals surface area (Å²) in [5.74, 6) is 1.07. The van der Waals surface area contributed by atoms with Crippen molar-refractivity contribution in [1.29, 1.82) is 0 Å². The Labute approximate surface area is 102 Å². The normalized spacial score (nSPS) is 22.7. The number of rotatable bonds is 4. The molecule has 4 heteroatoms. The maximum absolute atomic E-state index is 4.37. The van der Waals surface area contributed by atoms with Crippen molar-refractivity contribution in [3.05, 3.63) is 17.6 Å². The van der Waals surface area contributed by atoms with Crippen molar-refractivity contribution in [2.24, 2.45) is 0 Å². The molecular weight excluding hydrogens is 212 g/mol. The first-order valence-corrected chi connectivity index (χ1v) is 6.73. The maximum atomic E-state index is 4.37. The molecule has 0 aromatic carbocycles. The summed E-state index contributed by atoms with van der Waals surface area (Å²) < 4.78 is 0. The number of aromatic nitrogens is 2. The van der Waals surface area contributed by atoms with Crippen LogP contribution in [0.2, 0.25) is 0 Å². The number of fused-ring (bicyclic) bond motifs is 1. The van der Waals surface area contributed by atoms with Gasteiger partial charge in [-0.15, -0.1) is 0 Å². The summed E-state index contributed by atoms with van der Waals surface area (Å²) in [6.45, 7) is 2.20. The Bertz CT molecular complexity index is 385. The molecule has 2 aliphatic rings. The van der Waals surface area contributed by atoms with Crippen molar-refractivity contribution in [3.8, 4) is 0 Å². The topological polar surface area (TPSA) is 49.8 Å². The van der Waals surface area contributed by atoms with Crippen molar-refractivity contribution in [3.63, 3.8) is 0 Å². The largest absolute Gasteiger partial charge is 0.370 e. The predicted molar refractivity (Wildman–Crippen MR) is 68.2 cm³/mol. The van der Waals surface area contributed by atoms with Crippen molar-refractivity contribution >= 4 is 5.82 Å². The van der Waals surface area contributed by atoms with Gasteiger partial charge in [-0.05, 0) is 45.1 Å². The molecule has 1 saturated heterocycles. The lowest BCUT2D eigenvalue weighted by atomic mass is 10.1. The van der Waals surface area contributed by atoms with E-state index in [1.54, 1.807) is 6.33 Å². The third-order valence-corrected chi connectivity index (χ3v) is 3.82. The van der Waals surface area contributed by atoms with Gasteiger partial charge in [0.2, 0.25) is 0 Å². The first-order valence-electron chi connectivity index (χ1n) is 6.73. The first kappa shape index (κ1) is 11.0. The van der Waals surface area contributed by atoms with E-state index in [-0.39, 0.29) is 0 Å². The molecule has 0 spiro atoms. The molecule has 1 aromatic heterocycles. The average molecular weight is 232 g/mol. The number of hydrogen-bond acceptors (Lipinski definition) is 4. The molecule has 1 atom stereocenters. The Morgan fingerprint density at radius 2 is 2.29 bits per heavy atom. The summed E-state index contributed by atoms with van der Waals surface area (Å²) in [5, 5.41) is 7.00. The van der Waals surface area contributed by atoms with E-state index in [2.05, 4.69) is 20.6 Å². The van der Waals surface area contributed by atoms with Gasteiger partial charge in [0.25, 0.3) is 0 Å². The van der Waals surface area contributed by atoms with Crippen LogP contribution in [-0.2, 0) is 12.8 Å². The maximum Gasteiger partial charge on any atom is 0.132 e. The lowest BCUT2D eigenvalue weighted by molar-refractivity contribution is 0.574. The Morgan fingerprint density at radius 1 is 1.29 bits per heavy atom. The monoisotopic (exact) mass is 232 g/mol. The van der Waals surface area contributed by atoms with Gasteiger partial charge in [0.05, 0.1) is 0 Å². The van der Waals surface area contributed by atoms with Crippen LogP contribution in [0.15, 0.2) is 6.33 Å². The van der Waals surface area contributed by atoms with Gasteiger partial charge in [0.1, 0.15) is 12.1 Å². The third kappa shape index (κ3) is 2.41. The average Bonchev–Trinajstić information content (AvgIpc) is 2.99. The van der Waals surface area contributed by atoms with Crippen molar-refractivity contribution in [2.45, 2.75) is 44.6 Å². The quantitative estimate of drug-likeness (QED) is 0.826. The van der Waals surface area contributed by atoms with Crippen LogP contribution in [-0.4, -0.2) is 29.1 Å². The summed E-state index contributed by atoms with van der Waals surface area (Å²) in [4.78, 5) is 8.71. The minimum atomic E-state index is 0.706. The molecule has 4 nitrogen and oxygen atoms in total. The Balaban J connectivity index is 1.56. The minimum absolute atomic E-state index is 0.706. The molecule has 92 valence electrons. The number of hydrogen-bond donors (Lipinski definition) is 2. The third-order valence-electron chi connectivity index (χ3n) is 3.82. The van der Waals surface area contributed by atoms with E-state index in [1.807, 2.05) is 0 Å².